The summed E-state index contributed by atoms with van der Waals surface area (Å²) in [5.74, 6) is -0.795. The van der Waals surface area contributed by atoms with Gasteiger partial charge in [-0.2, -0.15) is 0 Å². The second-order valence-electron chi connectivity index (χ2n) is 7.38. The number of nitrogens with zero attached hydrogens (tertiary/aromatic N) is 5. The maximum Gasteiger partial charge on any atom is 0.276 e. The minimum Gasteiger partial charge on any atom is -0.395 e. The molecule has 5 rings (SSSR count). The summed E-state index contributed by atoms with van der Waals surface area (Å²) in [5.41, 5.74) is 1.39. The molecule has 2 aromatic rings. The Morgan fingerprint density at radius 2 is 1.97 bits per heavy atom. The number of hydrogen-bond donors (Lipinski definition) is 0. The second-order valence-corrected chi connectivity index (χ2v) is 7.82. The highest BCUT2D eigenvalue weighted by Crippen LogP contribution is 2.45. The van der Waals surface area contributed by atoms with Crippen LogP contribution in [0, 0.1) is 5.92 Å². The number of carbonyl (C=O) groups excluding carboxylic acids is 2. The van der Waals surface area contributed by atoms with Gasteiger partial charge in [-0.05, 0) is 24.6 Å². The van der Waals surface area contributed by atoms with Crippen LogP contribution in [0.1, 0.15) is 28.7 Å². The van der Waals surface area contributed by atoms with Crippen molar-refractivity contribution in [2.75, 3.05) is 19.7 Å². The van der Waals surface area contributed by atoms with Crippen molar-refractivity contribution in [3.05, 3.63) is 58.6 Å². The number of benzene rings is 1. The predicted octanol–water partition coefficient (Wildman–Crippen LogP) is 1.85. The minimum atomic E-state index is -0.981. The zero-order valence-electron chi connectivity index (χ0n) is 15.7. The molecule has 9 heteroatoms. The highest BCUT2D eigenvalue weighted by molar-refractivity contribution is 6.30. The fourth-order valence-corrected chi connectivity index (χ4v) is 4.60. The Labute approximate surface area is 172 Å². The predicted molar refractivity (Wildman–Crippen MR) is 104 cm³/mol. The van der Waals surface area contributed by atoms with Gasteiger partial charge in [0, 0.05) is 36.9 Å². The van der Waals surface area contributed by atoms with Crippen molar-refractivity contribution < 1.29 is 14.4 Å². The maximum atomic E-state index is 13.5. The van der Waals surface area contributed by atoms with E-state index < -0.39 is 11.6 Å². The van der Waals surface area contributed by atoms with Crippen molar-refractivity contribution in [2.24, 2.45) is 11.1 Å². The van der Waals surface area contributed by atoms with E-state index in [1.165, 1.54) is 6.20 Å². The molecule has 1 aromatic heterocycles. The number of halogens is 1. The van der Waals surface area contributed by atoms with Crippen molar-refractivity contribution in [3.8, 4) is 0 Å². The molecule has 29 heavy (non-hydrogen) atoms. The van der Waals surface area contributed by atoms with Crippen LogP contribution in [0.2, 0.25) is 5.02 Å². The van der Waals surface area contributed by atoms with Crippen LogP contribution < -0.4 is 0 Å². The van der Waals surface area contributed by atoms with E-state index in [2.05, 4.69) is 15.1 Å². The molecule has 0 aliphatic carbocycles. The average Bonchev–Trinajstić information content (AvgIpc) is 3.33. The standard InChI is InChI=1S/C20H18ClN5O3/c1-12-15(11-29-24-12)18(27)25-8-9-26-19(28)17-16(22-6-7-23-17)10-20(25,26)13-2-4-14(21)5-3-13/h2-7,15H,8-11H2,1H3/t15?,20-/m0/s1. The van der Waals surface area contributed by atoms with Gasteiger partial charge >= 0.3 is 0 Å². The summed E-state index contributed by atoms with van der Waals surface area (Å²) < 4.78 is 0. The quantitative estimate of drug-likeness (QED) is 0.752. The molecular formula is C20H18ClN5O3. The zero-order chi connectivity index (χ0) is 20.2. The van der Waals surface area contributed by atoms with E-state index >= 15 is 0 Å². The highest BCUT2D eigenvalue weighted by atomic mass is 35.5. The maximum absolute atomic E-state index is 13.5. The molecule has 1 fully saturated rings. The average molecular weight is 412 g/mol. The molecule has 0 radical (unpaired) electrons. The number of fused-ring (bicyclic) bond motifs is 2. The fourth-order valence-electron chi connectivity index (χ4n) is 4.47. The van der Waals surface area contributed by atoms with Crippen molar-refractivity contribution >= 4 is 29.1 Å². The van der Waals surface area contributed by atoms with E-state index in [1.54, 1.807) is 35.1 Å². The molecule has 148 valence electrons. The first-order chi connectivity index (χ1) is 14.0. The molecule has 0 N–H and O–H groups in total. The van der Waals surface area contributed by atoms with E-state index in [1.807, 2.05) is 12.1 Å². The van der Waals surface area contributed by atoms with Gasteiger partial charge < -0.3 is 14.6 Å². The molecule has 1 unspecified atom stereocenters. The largest absolute Gasteiger partial charge is 0.395 e. The van der Waals surface area contributed by atoms with Crippen LogP contribution in [0.25, 0.3) is 0 Å². The number of hydrogen-bond acceptors (Lipinski definition) is 6. The highest BCUT2D eigenvalue weighted by Gasteiger charge is 2.57. The van der Waals surface area contributed by atoms with Crippen LogP contribution in [0.15, 0.2) is 41.8 Å². The summed E-state index contributed by atoms with van der Waals surface area (Å²) in [7, 11) is 0. The van der Waals surface area contributed by atoms with Crippen LogP contribution in [0.5, 0.6) is 0 Å². The molecule has 3 aliphatic heterocycles. The smallest absolute Gasteiger partial charge is 0.276 e. The Kier molecular flexibility index (Phi) is 4.06. The van der Waals surface area contributed by atoms with E-state index in [0.717, 1.165) is 5.56 Å². The number of amides is 2. The van der Waals surface area contributed by atoms with Gasteiger partial charge in [0.2, 0.25) is 5.91 Å². The Balaban J connectivity index is 1.67. The van der Waals surface area contributed by atoms with Gasteiger partial charge in [-0.25, -0.2) is 4.98 Å². The van der Waals surface area contributed by atoms with Crippen LogP contribution in [-0.2, 0) is 21.7 Å². The summed E-state index contributed by atoms with van der Waals surface area (Å²) in [4.78, 5) is 44.1. The van der Waals surface area contributed by atoms with Gasteiger partial charge in [0.15, 0.2) is 0 Å². The monoisotopic (exact) mass is 411 g/mol. The first kappa shape index (κ1) is 18.1. The lowest BCUT2D eigenvalue weighted by molar-refractivity contribution is -0.142. The van der Waals surface area contributed by atoms with Gasteiger partial charge in [-0.15, -0.1) is 0 Å². The third-order valence-electron chi connectivity index (χ3n) is 5.90. The lowest BCUT2D eigenvalue weighted by Crippen LogP contribution is -2.60. The summed E-state index contributed by atoms with van der Waals surface area (Å²) in [6.07, 6.45) is 3.44. The van der Waals surface area contributed by atoms with Crippen LogP contribution in [-0.4, -0.2) is 57.0 Å². The summed E-state index contributed by atoms with van der Waals surface area (Å²) >= 11 is 6.11. The first-order valence-corrected chi connectivity index (χ1v) is 9.76. The number of carbonyl (C=O) groups is 2. The molecule has 8 nitrogen and oxygen atoms in total. The molecular weight excluding hydrogens is 394 g/mol. The molecule has 1 saturated heterocycles. The number of aromatic nitrogens is 2. The molecule has 2 atom stereocenters. The van der Waals surface area contributed by atoms with Gasteiger partial charge in [-0.3, -0.25) is 14.6 Å². The number of oxime groups is 1. The third-order valence-corrected chi connectivity index (χ3v) is 6.15. The minimum absolute atomic E-state index is 0.110. The van der Waals surface area contributed by atoms with E-state index in [-0.39, 0.29) is 18.4 Å². The van der Waals surface area contributed by atoms with E-state index in [4.69, 9.17) is 16.4 Å². The van der Waals surface area contributed by atoms with E-state index in [0.29, 0.717) is 41.6 Å². The molecule has 0 saturated carbocycles. The second kappa shape index (κ2) is 6.52. The summed E-state index contributed by atoms with van der Waals surface area (Å²) in [5, 5.41) is 4.51. The Morgan fingerprint density at radius 1 is 1.21 bits per heavy atom. The topological polar surface area (TPSA) is 88.0 Å². The Hall–Kier alpha value is -3.00. The molecule has 0 bridgehead atoms. The SMILES string of the molecule is CC1=NOCC1C(=O)N1CCN2C(=O)c3nccnc3C[C@@]21c1ccc(Cl)cc1. The van der Waals surface area contributed by atoms with Gasteiger partial charge in [0.1, 0.15) is 23.9 Å². The molecule has 0 spiro atoms. The lowest BCUT2D eigenvalue weighted by Gasteiger charge is -2.47. The van der Waals surface area contributed by atoms with Crippen LogP contribution >= 0.6 is 11.6 Å². The normalized spacial score (nSPS) is 25.4. The van der Waals surface area contributed by atoms with Gasteiger partial charge in [0.25, 0.3) is 5.91 Å². The molecule has 3 aliphatic rings. The molecule has 1 aromatic carbocycles. The van der Waals surface area contributed by atoms with Crippen LogP contribution in [0.4, 0.5) is 0 Å². The zero-order valence-corrected chi connectivity index (χ0v) is 16.5. The molecule has 4 heterocycles. The molecule has 2 amide bonds. The summed E-state index contributed by atoms with van der Waals surface area (Å²) in [6.45, 7) is 2.81. The lowest BCUT2D eigenvalue weighted by atomic mass is 9.86. The Morgan fingerprint density at radius 3 is 2.69 bits per heavy atom. The third kappa shape index (κ3) is 2.55. The Bertz CT molecular complexity index is 1040. The van der Waals surface area contributed by atoms with Gasteiger partial charge in [0.05, 0.1) is 11.4 Å². The van der Waals surface area contributed by atoms with E-state index in [9.17, 15) is 9.59 Å². The number of rotatable bonds is 2. The summed E-state index contributed by atoms with van der Waals surface area (Å²) in [6, 6.07) is 7.27. The van der Waals surface area contributed by atoms with Crippen molar-refractivity contribution in [1.29, 1.82) is 0 Å². The van der Waals surface area contributed by atoms with Crippen molar-refractivity contribution in [1.82, 2.24) is 19.8 Å². The van der Waals surface area contributed by atoms with Crippen molar-refractivity contribution in [2.45, 2.75) is 19.0 Å². The van der Waals surface area contributed by atoms with Crippen LogP contribution in [0.3, 0.4) is 0 Å². The van der Waals surface area contributed by atoms with Gasteiger partial charge in [-0.1, -0.05) is 28.9 Å². The fraction of sp³-hybridized carbons (Fsp3) is 0.350. The first-order valence-electron chi connectivity index (χ1n) is 9.38. The van der Waals surface area contributed by atoms with Crippen molar-refractivity contribution in [3.63, 3.8) is 0 Å².